The topological polar surface area (TPSA) is 33.2 Å². The van der Waals surface area contributed by atoms with Crippen LogP contribution in [0.15, 0.2) is 0 Å². The first-order valence-electron chi connectivity index (χ1n) is 6.59. The van der Waals surface area contributed by atoms with Crippen molar-refractivity contribution in [2.24, 2.45) is 0 Å². The number of Topliss-reactive ketones (excluding diaryl/α,β-unsaturated/α-hetero) is 1. The first-order chi connectivity index (χ1) is 8.29. The summed E-state index contributed by atoms with van der Waals surface area (Å²) < 4.78 is 0. The fourth-order valence-electron chi connectivity index (χ4n) is 2.89. The second-order valence-corrected chi connectivity index (χ2v) is 5.92. The van der Waals surface area contributed by atoms with E-state index in [0.717, 1.165) is 35.1 Å². The van der Waals surface area contributed by atoms with E-state index in [1.165, 1.54) is 19.3 Å². The second kappa shape index (κ2) is 4.41. The summed E-state index contributed by atoms with van der Waals surface area (Å²) in [5.74, 6) is 0.308. The van der Waals surface area contributed by atoms with E-state index in [1.807, 2.05) is 0 Å². The zero-order valence-corrected chi connectivity index (χ0v) is 11.1. The molecule has 0 N–H and O–H groups in total. The van der Waals surface area contributed by atoms with Gasteiger partial charge >= 0.3 is 0 Å². The van der Waals surface area contributed by atoms with Gasteiger partial charge in [-0.25, -0.2) is 4.98 Å². The van der Waals surface area contributed by atoms with E-state index < -0.39 is 0 Å². The number of rotatable bonds is 2. The number of ketones is 1. The summed E-state index contributed by atoms with van der Waals surface area (Å²) in [5, 5.41) is 1.09. The molecule has 2 aliphatic rings. The van der Waals surface area contributed by atoms with Gasteiger partial charge in [0.25, 0.3) is 0 Å². The molecule has 2 heterocycles. The lowest BCUT2D eigenvalue weighted by Crippen LogP contribution is -2.28. The van der Waals surface area contributed by atoms with Gasteiger partial charge in [0.15, 0.2) is 10.9 Å². The number of aryl methyl sites for hydroxylation is 1. The molecule has 1 aromatic heterocycles. The molecule has 1 unspecified atom stereocenters. The number of nitrogens with zero attached hydrogens (tertiary/aromatic N) is 2. The fraction of sp³-hybridized carbons (Fsp3) is 0.692. The van der Waals surface area contributed by atoms with Gasteiger partial charge in [0.05, 0.1) is 10.6 Å². The third-order valence-electron chi connectivity index (χ3n) is 3.85. The van der Waals surface area contributed by atoms with Crippen molar-refractivity contribution in [2.75, 3.05) is 11.4 Å². The number of carbonyl (C=O) groups excluding carboxylic acids is 1. The Morgan fingerprint density at radius 2 is 2.29 bits per heavy atom. The van der Waals surface area contributed by atoms with Gasteiger partial charge < -0.3 is 4.90 Å². The molecule has 3 rings (SSSR count). The summed E-state index contributed by atoms with van der Waals surface area (Å²) in [5.41, 5.74) is 1.06. The molecule has 17 heavy (non-hydrogen) atoms. The highest BCUT2D eigenvalue weighted by Gasteiger charge is 2.29. The number of carbonyl (C=O) groups is 1. The van der Waals surface area contributed by atoms with Crippen LogP contribution in [0.1, 0.15) is 54.4 Å². The van der Waals surface area contributed by atoms with Crippen molar-refractivity contribution in [1.29, 1.82) is 0 Å². The van der Waals surface area contributed by atoms with Crippen LogP contribution in [0.25, 0.3) is 0 Å². The first-order valence-corrected chi connectivity index (χ1v) is 7.40. The molecule has 0 bridgehead atoms. The highest BCUT2D eigenvalue weighted by Crippen LogP contribution is 2.35. The van der Waals surface area contributed by atoms with Crippen LogP contribution in [0.3, 0.4) is 0 Å². The van der Waals surface area contributed by atoms with Gasteiger partial charge in [0.1, 0.15) is 0 Å². The Morgan fingerprint density at radius 1 is 1.41 bits per heavy atom. The summed E-state index contributed by atoms with van der Waals surface area (Å²) in [7, 11) is 0. The van der Waals surface area contributed by atoms with Crippen molar-refractivity contribution in [2.45, 2.75) is 51.5 Å². The zero-order chi connectivity index (χ0) is 11.8. The van der Waals surface area contributed by atoms with Crippen LogP contribution in [0.5, 0.6) is 0 Å². The van der Waals surface area contributed by atoms with Crippen molar-refractivity contribution >= 4 is 22.3 Å². The van der Waals surface area contributed by atoms with Crippen molar-refractivity contribution in [3.05, 3.63) is 10.6 Å². The Kier molecular flexibility index (Phi) is 2.90. The maximum atomic E-state index is 11.8. The van der Waals surface area contributed by atoms with E-state index in [2.05, 4.69) is 11.8 Å². The molecule has 0 spiro atoms. The molecule has 0 radical (unpaired) electrons. The van der Waals surface area contributed by atoms with E-state index in [0.29, 0.717) is 18.2 Å². The Balaban J connectivity index is 1.91. The average Bonchev–Trinajstić information content (AvgIpc) is 2.94. The summed E-state index contributed by atoms with van der Waals surface area (Å²) in [6.07, 6.45) is 6.39. The number of fused-ring (bicyclic) bond motifs is 1. The number of hydrogen-bond acceptors (Lipinski definition) is 4. The van der Waals surface area contributed by atoms with Crippen LogP contribution in [0.4, 0.5) is 5.13 Å². The first kappa shape index (κ1) is 11.2. The number of hydrogen-bond donors (Lipinski definition) is 0. The molecule has 1 atom stereocenters. The van der Waals surface area contributed by atoms with Gasteiger partial charge in [-0.3, -0.25) is 4.79 Å². The average molecular weight is 250 g/mol. The third kappa shape index (κ3) is 1.88. The lowest BCUT2D eigenvalue weighted by Gasteiger charge is -2.22. The van der Waals surface area contributed by atoms with Gasteiger partial charge in [-0.2, -0.15) is 0 Å². The SMILES string of the molecule is CCC1CCCN1c1nc2c(s1)C(=O)CCC2. The quantitative estimate of drug-likeness (QED) is 0.809. The second-order valence-electron chi connectivity index (χ2n) is 4.95. The van der Waals surface area contributed by atoms with E-state index in [1.54, 1.807) is 11.3 Å². The van der Waals surface area contributed by atoms with E-state index in [-0.39, 0.29) is 0 Å². The molecule has 1 aliphatic carbocycles. The molecular weight excluding hydrogens is 232 g/mol. The highest BCUT2D eigenvalue weighted by molar-refractivity contribution is 7.17. The Labute approximate surface area is 106 Å². The summed E-state index contributed by atoms with van der Waals surface area (Å²) in [6, 6.07) is 0.637. The van der Waals surface area contributed by atoms with Crippen LogP contribution in [0.2, 0.25) is 0 Å². The normalized spacial score (nSPS) is 24.2. The van der Waals surface area contributed by atoms with E-state index in [4.69, 9.17) is 4.98 Å². The smallest absolute Gasteiger partial charge is 0.186 e. The summed E-state index contributed by atoms with van der Waals surface area (Å²) in [4.78, 5) is 19.9. The standard InChI is InChI=1S/C13H18N2OS/c1-2-9-5-4-8-15(9)13-14-10-6-3-7-11(16)12(10)17-13/h9H,2-8H2,1H3. The molecule has 1 fully saturated rings. The van der Waals surface area contributed by atoms with Gasteiger partial charge in [0, 0.05) is 19.0 Å². The molecule has 1 aliphatic heterocycles. The summed E-state index contributed by atoms with van der Waals surface area (Å²) >= 11 is 1.63. The molecule has 1 saturated heterocycles. The largest absolute Gasteiger partial charge is 0.345 e. The Morgan fingerprint density at radius 3 is 3.06 bits per heavy atom. The number of thiazole rings is 1. The van der Waals surface area contributed by atoms with Crippen molar-refractivity contribution in [1.82, 2.24) is 4.98 Å². The Hall–Kier alpha value is -0.900. The minimum Gasteiger partial charge on any atom is -0.345 e. The van der Waals surface area contributed by atoms with Crippen LogP contribution >= 0.6 is 11.3 Å². The van der Waals surface area contributed by atoms with Crippen molar-refractivity contribution < 1.29 is 4.79 Å². The van der Waals surface area contributed by atoms with Gasteiger partial charge in [-0.1, -0.05) is 18.3 Å². The lowest BCUT2D eigenvalue weighted by molar-refractivity contribution is 0.0976. The van der Waals surface area contributed by atoms with Crippen LogP contribution < -0.4 is 4.90 Å². The monoisotopic (exact) mass is 250 g/mol. The minimum atomic E-state index is 0.308. The molecule has 3 nitrogen and oxygen atoms in total. The lowest BCUT2D eigenvalue weighted by atomic mass is 10.0. The van der Waals surface area contributed by atoms with Crippen LogP contribution in [0, 0.1) is 0 Å². The third-order valence-corrected chi connectivity index (χ3v) is 5.03. The highest BCUT2D eigenvalue weighted by atomic mass is 32.1. The van der Waals surface area contributed by atoms with Crippen molar-refractivity contribution in [3.8, 4) is 0 Å². The summed E-state index contributed by atoms with van der Waals surface area (Å²) in [6.45, 7) is 3.35. The van der Waals surface area contributed by atoms with Gasteiger partial charge in [-0.05, 0) is 32.1 Å². The maximum Gasteiger partial charge on any atom is 0.186 e. The molecule has 4 heteroatoms. The number of anilines is 1. The maximum absolute atomic E-state index is 11.8. The fourth-order valence-corrected chi connectivity index (χ4v) is 4.07. The molecular formula is C13H18N2OS. The predicted molar refractivity (Wildman–Crippen MR) is 70.0 cm³/mol. The molecule has 92 valence electrons. The molecule has 1 aromatic rings. The molecule has 0 saturated carbocycles. The van der Waals surface area contributed by atoms with E-state index in [9.17, 15) is 4.79 Å². The van der Waals surface area contributed by atoms with Crippen molar-refractivity contribution in [3.63, 3.8) is 0 Å². The number of aromatic nitrogens is 1. The molecule has 0 aromatic carbocycles. The molecule has 0 amide bonds. The van der Waals surface area contributed by atoms with Gasteiger partial charge in [0.2, 0.25) is 0 Å². The van der Waals surface area contributed by atoms with Crippen LogP contribution in [-0.4, -0.2) is 23.4 Å². The Bertz CT molecular complexity index is 441. The zero-order valence-electron chi connectivity index (χ0n) is 10.2. The van der Waals surface area contributed by atoms with E-state index >= 15 is 0 Å². The van der Waals surface area contributed by atoms with Gasteiger partial charge in [-0.15, -0.1) is 0 Å². The van der Waals surface area contributed by atoms with Crippen LogP contribution in [-0.2, 0) is 6.42 Å². The minimum absolute atomic E-state index is 0.308. The predicted octanol–water partition coefficient (Wildman–Crippen LogP) is 3.04.